The average Bonchev–Trinajstić information content (AvgIpc) is 2.94. The van der Waals surface area contributed by atoms with E-state index < -0.39 is 27.5 Å². The normalized spacial score (nSPS) is 15.0. The molecule has 0 unspecified atom stereocenters. The van der Waals surface area contributed by atoms with Crippen LogP contribution >= 0.6 is 0 Å². The van der Waals surface area contributed by atoms with Gasteiger partial charge < -0.3 is 9.30 Å². The number of aliphatic imine (C=N–C) groups is 1. The molecule has 9 heteroatoms. The molecule has 0 saturated heterocycles. The van der Waals surface area contributed by atoms with Gasteiger partial charge in [-0.15, -0.1) is 0 Å². The van der Waals surface area contributed by atoms with Crippen molar-refractivity contribution in [3.05, 3.63) is 87.1 Å². The van der Waals surface area contributed by atoms with Gasteiger partial charge in [0.05, 0.1) is 18.9 Å². The molecule has 0 fully saturated rings. The van der Waals surface area contributed by atoms with Crippen LogP contribution in [0.15, 0.2) is 58.4 Å². The van der Waals surface area contributed by atoms with E-state index in [1.165, 1.54) is 29.9 Å². The Bertz CT molecular complexity index is 1540. The molecule has 0 saturated carbocycles. The van der Waals surface area contributed by atoms with E-state index in [4.69, 9.17) is 4.74 Å². The van der Waals surface area contributed by atoms with Crippen molar-refractivity contribution in [3.8, 4) is 16.9 Å². The van der Waals surface area contributed by atoms with Gasteiger partial charge in [-0.05, 0) is 47.9 Å². The maximum Gasteiger partial charge on any atom is 0.250 e. The van der Waals surface area contributed by atoms with E-state index in [2.05, 4.69) is 4.99 Å². The molecule has 0 spiro atoms. The molecule has 1 atom stereocenters. The number of carbonyl (C=O) groups is 1. The third kappa shape index (κ3) is 4.68. The monoisotopic (exact) mass is 496 g/mol. The van der Waals surface area contributed by atoms with E-state index in [-0.39, 0.29) is 34.1 Å². The highest BCUT2D eigenvalue weighted by molar-refractivity contribution is 7.90. The van der Waals surface area contributed by atoms with Gasteiger partial charge in [0.25, 0.3) is 5.56 Å². The van der Waals surface area contributed by atoms with Crippen LogP contribution in [0.5, 0.6) is 5.75 Å². The number of rotatable bonds is 6. The summed E-state index contributed by atoms with van der Waals surface area (Å²) in [5, 5.41) is 0. The highest BCUT2D eigenvalue weighted by atomic mass is 32.2. The molecule has 7 nitrogen and oxygen atoms in total. The minimum atomic E-state index is -3.30. The first-order valence-electron chi connectivity index (χ1n) is 11.0. The fourth-order valence-corrected chi connectivity index (χ4v) is 5.02. The fraction of sp³-hybridized carbons (Fsp3) is 0.269. The summed E-state index contributed by atoms with van der Waals surface area (Å²) in [6, 6.07) is 9.87. The van der Waals surface area contributed by atoms with Crippen LogP contribution in [0.3, 0.4) is 0 Å². The average molecular weight is 497 g/mol. The fourth-order valence-electron chi connectivity index (χ4n) is 4.13. The van der Waals surface area contributed by atoms with Crippen molar-refractivity contribution in [2.24, 2.45) is 12.0 Å². The third-order valence-electron chi connectivity index (χ3n) is 6.12. The lowest BCUT2D eigenvalue weighted by Crippen LogP contribution is -2.17. The first-order valence-corrected chi connectivity index (χ1v) is 12.9. The summed E-state index contributed by atoms with van der Waals surface area (Å²) in [7, 11) is -0.356. The molecular formula is C26H25FN2O5S. The molecule has 0 aliphatic carbocycles. The smallest absolute Gasteiger partial charge is 0.250 e. The predicted octanol–water partition coefficient (Wildman–Crippen LogP) is 3.88. The van der Waals surface area contributed by atoms with Crippen molar-refractivity contribution < 1.29 is 22.3 Å². The number of aromatic nitrogens is 1. The minimum Gasteiger partial charge on any atom is -0.494 e. The second-order valence-electron chi connectivity index (χ2n) is 8.48. The van der Waals surface area contributed by atoms with E-state index in [1.54, 1.807) is 45.3 Å². The SMILES string of the molecule is CCS(=O)(=O)Cc1ccc2c(c1)-c1cn(C)c(=O)cc1[C@H](C)N=C2C(=O)c1ccc(F)c(OC)c1. The second kappa shape index (κ2) is 9.22. The summed E-state index contributed by atoms with van der Waals surface area (Å²) >= 11 is 0. The van der Waals surface area contributed by atoms with Crippen molar-refractivity contribution in [2.45, 2.75) is 25.6 Å². The van der Waals surface area contributed by atoms with Crippen LogP contribution in [0.4, 0.5) is 4.39 Å². The number of carbonyl (C=O) groups excluding carboxylic acids is 1. The van der Waals surface area contributed by atoms with Crippen LogP contribution in [0.25, 0.3) is 11.1 Å². The van der Waals surface area contributed by atoms with Gasteiger partial charge in [0.15, 0.2) is 21.4 Å². The highest BCUT2D eigenvalue weighted by Crippen LogP contribution is 2.37. The molecule has 0 bridgehead atoms. The molecule has 0 radical (unpaired) electrons. The number of benzene rings is 2. The zero-order valence-electron chi connectivity index (χ0n) is 19.8. The van der Waals surface area contributed by atoms with Crippen molar-refractivity contribution >= 4 is 21.3 Å². The van der Waals surface area contributed by atoms with Crippen molar-refractivity contribution in [3.63, 3.8) is 0 Å². The zero-order valence-corrected chi connectivity index (χ0v) is 20.6. The summed E-state index contributed by atoms with van der Waals surface area (Å²) in [6.45, 7) is 3.37. The Morgan fingerprint density at radius 2 is 1.86 bits per heavy atom. The van der Waals surface area contributed by atoms with Crippen LogP contribution in [-0.4, -0.2) is 37.3 Å². The van der Waals surface area contributed by atoms with Gasteiger partial charge in [-0.1, -0.05) is 19.1 Å². The van der Waals surface area contributed by atoms with Gasteiger partial charge in [0.2, 0.25) is 5.78 Å². The predicted molar refractivity (Wildman–Crippen MR) is 133 cm³/mol. The molecule has 1 aromatic heterocycles. The molecule has 1 aliphatic heterocycles. The lowest BCUT2D eigenvalue weighted by Gasteiger charge is -2.15. The van der Waals surface area contributed by atoms with Crippen LogP contribution in [-0.2, 0) is 22.6 Å². The Labute approximate surface area is 202 Å². The summed E-state index contributed by atoms with van der Waals surface area (Å²) in [4.78, 5) is 30.7. The van der Waals surface area contributed by atoms with Crippen LogP contribution in [0.2, 0.25) is 0 Å². The lowest BCUT2D eigenvalue weighted by atomic mass is 9.91. The molecule has 35 heavy (non-hydrogen) atoms. The van der Waals surface area contributed by atoms with E-state index in [1.807, 2.05) is 0 Å². The number of Topliss-reactive ketones (excluding diaryl/α,β-unsaturated/α-hetero) is 1. The Kier molecular flexibility index (Phi) is 6.46. The number of pyridine rings is 1. The van der Waals surface area contributed by atoms with E-state index >= 15 is 0 Å². The minimum absolute atomic E-state index is 0.00377. The second-order valence-corrected chi connectivity index (χ2v) is 10.8. The number of sulfone groups is 1. The molecule has 0 amide bonds. The van der Waals surface area contributed by atoms with Gasteiger partial charge in [-0.2, -0.15) is 0 Å². The van der Waals surface area contributed by atoms with E-state index in [0.29, 0.717) is 27.8 Å². The first-order chi connectivity index (χ1) is 16.5. The molecule has 4 rings (SSSR count). The third-order valence-corrected chi connectivity index (χ3v) is 7.77. The molecule has 182 valence electrons. The number of hydrogen-bond acceptors (Lipinski definition) is 6. The maximum absolute atomic E-state index is 14.0. The molecule has 1 aliphatic rings. The molecule has 3 aromatic rings. The first kappa shape index (κ1) is 24.5. The number of hydrogen-bond donors (Lipinski definition) is 0. The zero-order chi connectivity index (χ0) is 25.5. The van der Waals surface area contributed by atoms with Crippen LogP contribution < -0.4 is 10.3 Å². The quantitative estimate of drug-likeness (QED) is 0.483. The summed E-state index contributed by atoms with van der Waals surface area (Å²) < 4.78 is 45.0. The Morgan fingerprint density at radius 1 is 1.11 bits per heavy atom. The molecule has 2 heterocycles. The maximum atomic E-state index is 14.0. The lowest BCUT2D eigenvalue weighted by molar-refractivity contribution is 0.106. The van der Waals surface area contributed by atoms with Crippen LogP contribution in [0, 0.1) is 5.82 Å². The molecule has 0 N–H and O–H groups in total. The number of ether oxygens (including phenoxy) is 1. The number of fused-ring (bicyclic) bond motifs is 3. The van der Waals surface area contributed by atoms with Crippen molar-refractivity contribution in [1.29, 1.82) is 0 Å². The Balaban J connectivity index is 1.95. The number of methoxy groups -OCH3 is 1. The number of aryl methyl sites for hydroxylation is 1. The number of ketones is 1. The number of halogens is 1. The topological polar surface area (TPSA) is 94.8 Å². The Hall–Kier alpha value is -3.59. The highest BCUT2D eigenvalue weighted by Gasteiger charge is 2.28. The largest absolute Gasteiger partial charge is 0.494 e. The van der Waals surface area contributed by atoms with Gasteiger partial charge in [-0.25, -0.2) is 12.8 Å². The van der Waals surface area contributed by atoms with E-state index in [0.717, 1.165) is 6.07 Å². The van der Waals surface area contributed by atoms with Crippen molar-refractivity contribution in [2.75, 3.05) is 12.9 Å². The summed E-state index contributed by atoms with van der Waals surface area (Å²) in [6.07, 6.45) is 1.68. The Morgan fingerprint density at radius 3 is 2.54 bits per heavy atom. The van der Waals surface area contributed by atoms with Gasteiger partial charge in [-0.3, -0.25) is 14.6 Å². The summed E-state index contributed by atoms with van der Waals surface area (Å²) in [5.41, 5.74) is 3.09. The van der Waals surface area contributed by atoms with Crippen LogP contribution in [0.1, 0.15) is 46.9 Å². The van der Waals surface area contributed by atoms with Gasteiger partial charge >= 0.3 is 0 Å². The molecular weight excluding hydrogens is 471 g/mol. The summed E-state index contributed by atoms with van der Waals surface area (Å²) in [5.74, 6) is -1.24. The standard InChI is InChI=1S/C26H25FN2O5S/c1-5-35(32,33)14-16-6-8-18-20(10-16)21-13-29(3)24(30)12-19(21)15(2)28-25(18)26(31)17-7-9-22(27)23(11-17)34-4/h6-13,15H,5,14H2,1-4H3/t15-/m0/s1. The number of nitrogens with zero attached hydrogens (tertiary/aromatic N) is 2. The van der Waals surface area contributed by atoms with Gasteiger partial charge in [0, 0.05) is 41.8 Å². The van der Waals surface area contributed by atoms with E-state index in [9.17, 15) is 22.4 Å². The van der Waals surface area contributed by atoms with Gasteiger partial charge in [0.1, 0.15) is 5.71 Å². The molecule has 2 aromatic carbocycles. The van der Waals surface area contributed by atoms with Crippen molar-refractivity contribution in [1.82, 2.24) is 4.57 Å².